The number of thiophene rings is 2. The number of carbonyl (C=O) groups excluding carboxylic acids is 1. The van der Waals surface area contributed by atoms with Gasteiger partial charge in [-0.2, -0.15) is 0 Å². The molecule has 3 heterocycles. The predicted octanol–water partition coefficient (Wildman–Crippen LogP) is 4.55. The van der Waals surface area contributed by atoms with Gasteiger partial charge in [-0.25, -0.2) is 0 Å². The molecule has 0 amide bonds. The Morgan fingerprint density at radius 3 is 2.28 bits per heavy atom. The first-order valence-electron chi connectivity index (χ1n) is 5.50. The minimum atomic E-state index is 0.182. The molecule has 0 N–H and O–H groups in total. The maximum absolute atomic E-state index is 12.2. The fourth-order valence-electron chi connectivity index (χ4n) is 1.71. The standard InChI is InChI=1S/C14H10OS3/c15-14-10(7-11-3-1-5-16-11)9-18-13(14)8-12-4-2-6-17-12/h1-8H,9H2. The van der Waals surface area contributed by atoms with Gasteiger partial charge in [-0.05, 0) is 35.0 Å². The van der Waals surface area contributed by atoms with E-state index in [0.717, 1.165) is 26.0 Å². The van der Waals surface area contributed by atoms with Gasteiger partial charge in [0.15, 0.2) is 5.78 Å². The third-order valence-electron chi connectivity index (χ3n) is 2.57. The van der Waals surface area contributed by atoms with Crippen LogP contribution in [-0.2, 0) is 4.79 Å². The number of rotatable bonds is 2. The monoisotopic (exact) mass is 290 g/mol. The van der Waals surface area contributed by atoms with Gasteiger partial charge in [-0.1, -0.05) is 12.1 Å². The summed E-state index contributed by atoms with van der Waals surface area (Å²) in [6.07, 6.45) is 4.00. The lowest BCUT2D eigenvalue weighted by atomic mass is 10.1. The van der Waals surface area contributed by atoms with Crippen molar-refractivity contribution in [1.29, 1.82) is 0 Å². The molecular weight excluding hydrogens is 280 g/mol. The molecule has 0 aliphatic carbocycles. The molecule has 0 spiro atoms. The molecular formula is C14H10OS3. The van der Waals surface area contributed by atoms with Crippen LogP contribution in [-0.4, -0.2) is 11.5 Å². The number of Topliss-reactive ketones (excluding diaryl/α,β-unsaturated/α-hetero) is 1. The Balaban J connectivity index is 1.85. The van der Waals surface area contributed by atoms with Crippen LogP contribution in [0.25, 0.3) is 12.2 Å². The zero-order chi connectivity index (χ0) is 12.4. The van der Waals surface area contributed by atoms with E-state index in [1.165, 1.54) is 0 Å². The first-order valence-corrected chi connectivity index (χ1v) is 8.24. The fraction of sp³-hybridized carbons (Fsp3) is 0.0714. The number of ketones is 1. The summed E-state index contributed by atoms with van der Waals surface area (Å²) in [6.45, 7) is 0. The molecule has 0 unspecified atom stereocenters. The van der Waals surface area contributed by atoms with Crippen molar-refractivity contribution < 1.29 is 4.79 Å². The molecule has 3 rings (SSSR count). The van der Waals surface area contributed by atoms with Crippen LogP contribution >= 0.6 is 34.4 Å². The Bertz CT molecular complexity index is 549. The van der Waals surface area contributed by atoms with Crippen LogP contribution in [0.1, 0.15) is 9.75 Å². The highest BCUT2D eigenvalue weighted by Gasteiger charge is 2.23. The Kier molecular flexibility index (Phi) is 3.50. The summed E-state index contributed by atoms with van der Waals surface area (Å²) >= 11 is 4.96. The lowest BCUT2D eigenvalue weighted by Crippen LogP contribution is -1.95. The second-order valence-corrected chi connectivity index (χ2v) is 6.80. The highest BCUT2D eigenvalue weighted by Crippen LogP contribution is 2.34. The molecule has 0 saturated carbocycles. The molecule has 0 radical (unpaired) electrons. The molecule has 1 saturated heterocycles. The minimum Gasteiger partial charge on any atom is -0.288 e. The molecule has 0 atom stereocenters. The second-order valence-electron chi connectivity index (χ2n) is 3.83. The van der Waals surface area contributed by atoms with Crippen molar-refractivity contribution >= 4 is 52.4 Å². The highest BCUT2D eigenvalue weighted by molar-refractivity contribution is 8.05. The van der Waals surface area contributed by atoms with E-state index in [0.29, 0.717) is 0 Å². The Morgan fingerprint density at radius 2 is 1.67 bits per heavy atom. The van der Waals surface area contributed by atoms with E-state index in [1.807, 2.05) is 47.2 Å². The number of hydrogen-bond donors (Lipinski definition) is 0. The van der Waals surface area contributed by atoms with Gasteiger partial charge in [0.1, 0.15) is 0 Å². The van der Waals surface area contributed by atoms with E-state index in [1.54, 1.807) is 34.4 Å². The highest BCUT2D eigenvalue weighted by atomic mass is 32.2. The van der Waals surface area contributed by atoms with Crippen LogP contribution < -0.4 is 0 Å². The average molecular weight is 290 g/mol. The SMILES string of the molecule is O=C1C(=Cc2cccs2)CSC1=Cc1cccs1. The van der Waals surface area contributed by atoms with E-state index in [4.69, 9.17) is 0 Å². The third kappa shape index (κ3) is 2.51. The van der Waals surface area contributed by atoms with Gasteiger partial charge in [-0.3, -0.25) is 4.79 Å². The number of thioether (sulfide) groups is 1. The molecule has 1 aliphatic rings. The minimum absolute atomic E-state index is 0.182. The van der Waals surface area contributed by atoms with E-state index >= 15 is 0 Å². The summed E-state index contributed by atoms with van der Waals surface area (Å²) in [5.74, 6) is 0.968. The zero-order valence-corrected chi connectivity index (χ0v) is 11.9. The van der Waals surface area contributed by atoms with Crippen LogP contribution in [0.15, 0.2) is 45.5 Å². The summed E-state index contributed by atoms with van der Waals surface area (Å²) in [5, 5.41) is 4.06. The van der Waals surface area contributed by atoms with Gasteiger partial charge in [0, 0.05) is 21.1 Å². The maximum Gasteiger partial charge on any atom is 0.196 e. The summed E-state index contributed by atoms with van der Waals surface area (Å²) in [5.41, 5.74) is 0.908. The first-order chi connectivity index (χ1) is 8.83. The first kappa shape index (κ1) is 12.0. The quantitative estimate of drug-likeness (QED) is 0.755. The van der Waals surface area contributed by atoms with Crippen molar-refractivity contribution in [2.45, 2.75) is 0 Å². The smallest absolute Gasteiger partial charge is 0.196 e. The van der Waals surface area contributed by atoms with Crippen LogP contribution in [0.2, 0.25) is 0 Å². The van der Waals surface area contributed by atoms with Gasteiger partial charge in [0.05, 0.1) is 4.91 Å². The van der Waals surface area contributed by atoms with Crippen LogP contribution in [0.5, 0.6) is 0 Å². The molecule has 18 heavy (non-hydrogen) atoms. The Labute approximate surface area is 118 Å². The maximum atomic E-state index is 12.2. The van der Waals surface area contributed by atoms with Crippen molar-refractivity contribution in [3.63, 3.8) is 0 Å². The summed E-state index contributed by atoms with van der Waals surface area (Å²) in [7, 11) is 0. The molecule has 2 aromatic rings. The van der Waals surface area contributed by atoms with Crippen LogP contribution in [0.3, 0.4) is 0 Å². The molecule has 0 bridgehead atoms. The second kappa shape index (κ2) is 5.26. The van der Waals surface area contributed by atoms with Crippen molar-refractivity contribution in [3.8, 4) is 0 Å². The van der Waals surface area contributed by atoms with Gasteiger partial charge in [-0.15, -0.1) is 34.4 Å². The van der Waals surface area contributed by atoms with E-state index in [9.17, 15) is 4.79 Å². The van der Waals surface area contributed by atoms with Crippen molar-refractivity contribution in [3.05, 3.63) is 55.3 Å². The molecule has 0 aromatic carbocycles. The Morgan fingerprint density at radius 1 is 1.00 bits per heavy atom. The Hall–Kier alpha value is -1.10. The lowest BCUT2D eigenvalue weighted by Gasteiger charge is -1.92. The summed E-state index contributed by atoms with van der Waals surface area (Å²) in [4.78, 5) is 15.4. The van der Waals surface area contributed by atoms with E-state index in [-0.39, 0.29) is 5.78 Å². The zero-order valence-electron chi connectivity index (χ0n) is 9.46. The third-order valence-corrected chi connectivity index (χ3v) is 5.28. The topological polar surface area (TPSA) is 17.1 Å². The molecule has 90 valence electrons. The largest absolute Gasteiger partial charge is 0.288 e. The van der Waals surface area contributed by atoms with Crippen molar-refractivity contribution in [2.75, 3.05) is 5.75 Å². The number of hydrogen-bond acceptors (Lipinski definition) is 4. The molecule has 2 aromatic heterocycles. The van der Waals surface area contributed by atoms with E-state index in [2.05, 4.69) is 0 Å². The predicted molar refractivity (Wildman–Crippen MR) is 82.1 cm³/mol. The van der Waals surface area contributed by atoms with Gasteiger partial charge < -0.3 is 0 Å². The average Bonchev–Trinajstić information content (AvgIpc) is 3.08. The van der Waals surface area contributed by atoms with Gasteiger partial charge in [0.2, 0.25) is 0 Å². The summed E-state index contributed by atoms with van der Waals surface area (Å²) in [6, 6.07) is 8.08. The fourth-order valence-corrected chi connectivity index (χ4v) is 4.12. The summed E-state index contributed by atoms with van der Waals surface area (Å²) < 4.78 is 0. The van der Waals surface area contributed by atoms with Crippen molar-refractivity contribution in [2.24, 2.45) is 0 Å². The molecule has 1 fully saturated rings. The van der Waals surface area contributed by atoms with Gasteiger partial charge >= 0.3 is 0 Å². The van der Waals surface area contributed by atoms with Gasteiger partial charge in [0.25, 0.3) is 0 Å². The van der Waals surface area contributed by atoms with Crippen LogP contribution in [0.4, 0.5) is 0 Å². The van der Waals surface area contributed by atoms with Crippen molar-refractivity contribution in [1.82, 2.24) is 0 Å². The number of allylic oxidation sites excluding steroid dienone is 1. The molecule has 4 heteroatoms. The molecule has 1 aliphatic heterocycles. The lowest BCUT2D eigenvalue weighted by molar-refractivity contribution is -0.111. The number of carbonyl (C=O) groups is 1. The van der Waals surface area contributed by atoms with Crippen LogP contribution in [0, 0.1) is 0 Å². The molecule has 1 nitrogen and oxygen atoms in total. The van der Waals surface area contributed by atoms with E-state index < -0.39 is 0 Å². The normalized spacial score (nSPS) is 20.1.